The Kier molecular flexibility index (Phi) is 5.70. The van der Waals surface area contributed by atoms with Crippen LogP contribution in [0, 0.1) is 17.1 Å². The summed E-state index contributed by atoms with van der Waals surface area (Å²) in [4.78, 5) is 12.2. The molecule has 0 aliphatic carbocycles. The first-order chi connectivity index (χ1) is 13.2. The van der Waals surface area contributed by atoms with Crippen molar-refractivity contribution in [2.75, 3.05) is 17.2 Å². The molecule has 0 radical (unpaired) electrons. The van der Waals surface area contributed by atoms with Crippen LogP contribution in [0.3, 0.4) is 0 Å². The number of nitrogens with zero attached hydrogens (tertiary/aromatic N) is 3. The van der Waals surface area contributed by atoms with Crippen LogP contribution in [0.2, 0.25) is 0 Å². The Morgan fingerprint density at radius 3 is 2.52 bits per heavy atom. The van der Waals surface area contributed by atoms with Gasteiger partial charge >= 0.3 is 0 Å². The van der Waals surface area contributed by atoms with Gasteiger partial charge in [0.2, 0.25) is 0 Å². The second-order valence-electron chi connectivity index (χ2n) is 5.72. The first-order valence-corrected chi connectivity index (χ1v) is 8.28. The van der Waals surface area contributed by atoms with E-state index in [4.69, 9.17) is 5.26 Å². The molecule has 1 amide bonds. The third-order valence-electron chi connectivity index (χ3n) is 3.83. The van der Waals surface area contributed by atoms with Crippen LogP contribution in [-0.2, 0) is 6.42 Å². The first-order valence-electron chi connectivity index (χ1n) is 8.28. The Hall–Kier alpha value is -3.79. The van der Waals surface area contributed by atoms with E-state index in [1.54, 1.807) is 48.5 Å². The zero-order valence-electron chi connectivity index (χ0n) is 14.3. The lowest BCUT2D eigenvalue weighted by atomic mass is 10.1. The van der Waals surface area contributed by atoms with E-state index in [2.05, 4.69) is 20.8 Å². The highest BCUT2D eigenvalue weighted by Gasteiger charge is 2.11. The van der Waals surface area contributed by atoms with Gasteiger partial charge in [0, 0.05) is 6.54 Å². The maximum Gasteiger partial charge on any atom is 0.276 e. The van der Waals surface area contributed by atoms with Gasteiger partial charge < -0.3 is 10.6 Å². The second kappa shape index (κ2) is 8.54. The van der Waals surface area contributed by atoms with Gasteiger partial charge in [-0.15, -0.1) is 10.2 Å². The quantitative estimate of drug-likeness (QED) is 0.702. The molecule has 0 aliphatic rings. The lowest BCUT2D eigenvalue weighted by molar-refractivity contribution is 0.102. The van der Waals surface area contributed by atoms with Gasteiger partial charge in [0.15, 0.2) is 5.69 Å². The lowest BCUT2D eigenvalue weighted by Crippen LogP contribution is -2.16. The number of rotatable bonds is 6. The van der Waals surface area contributed by atoms with E-state index in [0.29, 0.717) is 30.0 Å². The number of halogens is 1. The highest BCUT2D eigenvalue weighted by Crippen LogP contribution is 2.14. The Labute approximate surface area is 155 Å². The van der Waals surface area contributed by atoms with E-state index in [-0.39, 0.29) is 11.5 Å². The van der Waals surface area contributed by atoms with Crippen LogP contribution in [0.4, 0.5) is 15.9 Å². The van der Waals surface area contributed by atoms with Crippen molar-refractivity contribution in [3.8, 4) is 6.07 Å². The van der Waals surface area contributed by atoms with E-state index in [0.717, 1.165) is 5.56 Å². The normalized spacial score (nSPS) is 10.1. The summed E-state index contributed by atoms with van der Waals surface area (Å²) in [5.41, 5.74) is 1.95. The van der Waals surface area contributed by atoms with Crippen LogP contribution in [0.1, 0.15) is 21.6 Å². The van der Waals surface area contributed by atoms with E-state index in [1.165, 1.54) is 12.1 Å². The van der Waals surface area contributed by atoms with Crippen molar-refractivity contribution in [2.45, 2.75) is 6.42 Å². The fourth-order valence-electron chi connectivity index (χ4n) is 2.41. The zero-order chi connectivity index (χ0) is 19.1. The molecule has 134 valence electrons. The third-order valence-corrected chi connectivity index (χ3v) is 3.83. The second-order valence-corrected chi connectivity index (χ2v) is 5.72. The highest BCUT2D eigenvalue weighted by molar-refractivity contribution is 6.03. The Morgan fingerprint density at radius 2 is 1.81 bits per heavy atom. The van der Waals surface area contributed by atoms with Crippen molar-refractivity contribution in [2.24, 2.45) is 0 Å². The number of benzene rings is 2. The van der Waals surface area contributed by atoms with E-state index < -0.39 is 5.91 Å². The van der Waals surface area contributed by atoms with Crippen LogP contribution in [0.25, 0.3) is 0 Å². The average molecular weight is 361 g/mol. The smallest absolute Gasteiger partial charge is 0.276 e. The number of aromatic nitrogens is 2. The maximum atomic E-state index is 12.9. The Balaban J connectivity index is 1.55. The van der Waals surface area contributed by atoms with E-state index in [1.807, 2.05) is 6.07 Å². The molecule has 27 heavy (non-hydrogen) atoms. The van der Waals surface area contributed by atoms with Crippen molar-refractivity contribution < 1.29 is 9.18 Å². The van der Waals surface area contributed by atoms with E-state index in [9.17, 15) is 9.18 Å². The molecular weight excluding hydrogens is 345 g/mol. The standard InChI is InChI=1S/C20H16FN5O/c21-16-7-5-14(6-8-16)11-12-23-19-10-9-18(25-26-19)20(27)24-17-4-2-1-3-15(17)13-22/h1-10H,11-12H2,(H,23,26)(H,24,27). The van der Waals surface area contributed by atoms with Gasteiger partial charge in [0.25, 0.3) is 5.91 Å². The summed E-state index contributed by atoms with van der Waals surface area (Å²) in [7, 11) is 0. The van der Waals surface area contributed by atoms with Crippen molar-refractivity contribution in [1.29, 1.82) is 5.26 Å². The molecule has 0 saturated heterocycles. The number of carbonyl (C=O) groups is 1. The van der Waals surface area contributed by atoms with Crippen molar-refractivity contribution in [1.82, 2.24) is 10.2 Å². The molecule has 3 aromatic rings. The van der Waals surface area contributed by atoms with Crippen molar-refractivity contribution >= 4 is 17.4 Å². The molecule has 0 atom stereocenters. The Morgan fingerprint density at radius 1 is 1.04 bits per heavy atom. The number of hydrogen-bond acceptors (Lipinski definition) is 5. The molecule has 3 rings (SSSR count). The van der Waals surface area contributed by atoms with Crippen LogP contribution in [0.15, 0.2) is 60.7 Å². The molecule has 1 aromatic heterocycles. The molecular formula is C20H16FN5O. The molecule has 7 heteroatoms. The van der Waals surface area contributed by atoms with Gasteiger partial charge in [0.05, 0.1) is 11.3 Å². The summed E-state index contributed by atoms with van der Waals surface area (Å²) in [6.45, 7) is 0.599. The van der Waals surface area contributed by atoms with Gasteiger partial charge in [-0.3, -0.25) is 4.79 Å². The first kappa shape index (κ1) is 18.0. The molecule has 0 aliphatic heterocycles. The van der Waals surface area contributed by atoms with Gasteiger partial charge in [-0.05, 0) is 48.4 Å². The number of nitrogens with one attached hydrogen (secondary N) is 2. The summed E-state index contributed by atoms with van der Waals surface area (Å²) in [6, 6.07) is 18.3. The number of carbonyl (C=O) groups excluding carboxylic acids is 1. The minimum atomic E-state index is -0.442. The molecule has 0 fully saturated rings. The van der Waals surface area contributed by atoms with Gasteiger partial charge in [0.1, 0.15) is 17.7 Å². The van der Waals surface area contributed by atoms with E-state index >= 15 is 0 Å². The van der Waals surface area contributed by atoms with Crippen molar-refractivity contribution in [3.63, 3.8) is 0 Å². The molecule has 2 N–H and O–H groups in total. The van der Waals surface area contributed by atoms with Gasteiger partial charge in [-0.1, -0.05) is 24.3 Å². The maximum absolute atomic E-state index is 12.9. The topological polar surface area (TPSA) is 90.7 Å². The monoisotopic (exact) mass is 361 g/mol. The van der Waals surface area contributed by atoms with Crippen LogP contribution in [-0.4, -0.2) is 22.6 Å². The third kappa shape index (κ3) is 4.86. The minimum Gasteiger partial charge on any atom is -0.368 e. The number of para-hydroxylation sites is 1. The van der Waals surface area contributed by atoms with Crippen molar-refractivity contribution in [3.05, 3.63) is 83.3 Å². The molecule has 0 unspecified atom stereocenters. The number of nitriles is 1. The highest BCUT2D eigenvalue weighted by atomic mass is 19.1. The fraction of sp³-hybridized carbons (Fsp3) is 0.100. The SMILES string of the molecule is N#Cc1ccccc1NC(=O)c1ccc(NCCc2ccc(F)cc2)nn1. The largest absolute Gasteiger partial charge is 0.368 e. The van der Waals surface area contributed by atoms with Crippen LogP contribution < -0.4 is 10.6 Å². The number of hydrogen-bond donors (Lipinski definition) is 2. The summed E-state index contributed by atoms with van der Waals surface area (Å²) in [5, 5.41) is 22.7. The minimum absolute atomic E-state index is 0.145. The molecule has 0 bridgehead atoms. The molecule has 2 aromatic carbocycles. The summed E-state index contributed by atoms with van der Waals surface area (Å²) >= 11 is 0. The average Bonchev–Trinajstić information content (AvgIpc) is 2.70. The lowest BCUT2D eigenvalue weighted by Gasteiger charge is -2.07. The molecule has 0 saturated carbocycles. The molecule has 6 nitrogen and oxygen atoms in total. The summed E-state index contributed by atoms with van der Waals surface area (Å²) in [5.74, 6) is -0.169. The predicted molar refractivity (Wildman–Crippen MR) is 99.7 cm³/mol. The van der Waals surface area contributed by atoms with Crippen LogP contribution in [0.5, 0.6) is 0 Å². The Bertz CT molecular complexity index is 965. The zero-order valence-corrected chi connectivity index (χ0v) is 14.3. The van der Waals surface area contributed by atoms with Crippen LogP contribution >= 0.6 is 0 Å². The fourth-order valence-corrected chi connectivity index (χ4v) is 2.41. The number of amides is 1. The van der Waals surface area contributed by atoms with Gasteiger partial charge in [-0.2, -0.15) is 5.26 Å². The molecule has 0 spiro atoms. The predicted octanol–water partition coefficient (Wildman–Crippen LogP) is 3.39. The summed E-state index contributed by atoms with van der Waals surface area (Å²) < 4.78 is 12.9. The van der Waals surface area contributed by atoms with Gasteiger partial charge in [-0.25, -0.2) is 4.39 Å². The molecule has 1 heterocycles. The summed E-state index contributed by atoms with van der Waals surface area (Å²) in [6.07, 6.45) is 0.704. The number of anilines is 2.